The Kier molecular flexibility index (Phi) is 5.95. The molecule has 0 aliphatic heterocycles. The van der Waals surface area contributed by atoms with Crippen LogP contribution in [0.15, 0.2) is 29.4 Å². The van der Waals surface area contributed by atoms with Gasteiger partial charge in [-0.15, -0.1) is 0 Å². The van der Waals surface area contributed by atoms with Gasteiger partial charge in [0.05, 0.1) is 16.2 Å². The van der Waals surface area contributed by atoms with E-state index in [1.165, 1.54) is 30.8 Å². The van der Waals surface area contributed by atoms with Crippen molar-refractivity contribution in [3.63, 3.8) is 0 Å². The summed E-state index contributed by atoms with van der Waals surface area (Å²) < 4.78 is 89.0. The Morgan fingerprint density at radius 1 is 1.23 bits per heavy atom. The normalized spacial score (nSPS) is 13.7. The Bertz CT molecular complexity index is 1240. The number of aromatic nitrogens is 4. The van der Waals surface area contributed by atoms with E-state index in [4.69, 9.17) is 0 Å². The average Bonchev–Trinajstić information content (AvgIpc) is 3.01. The molecule has 0 aliphatic rings. The fraction of sp³-hybridized carbons (Fsp3) is 0.312. The Morgan fingerprint density at radius 3 is 2.53 bits per heavy atom. The van der Waals surface area contributed by atoms with Gasteiger partial charge in [-0.25, -0.2) is 23.1 Å². The molecule has 0 bridgehead atoms. The van der Waals surface area contributed by atoms with E-state index in [1.54, 1.807) is 0 Å². The smallest absolute Gasteiger partial charge is 0.417 e. The topological polar surface area (TPSA) is 130 Å². The monoisotopic (exact) mass is 462 g/mol. The van der Waals surface area contributed by atoms with Gasteiger partial charge in [-0.05, 0) is 17.7 Å². The van der Waals surface area contributed by atoms with Crippen LogP contribution >= 0.6 is 0 Å². The minimum atomic E-state index is -4.61. The summed E-state index contributed by atoms with van der Waals surface area (Å²) in [7, 11) is -2.34. The zero-order chi connectivity index (χ0) is 22.3. The maximum atomic E-state index is 13.0. The summed E-state index contributed by atoms with van der Waals surface area (Å²) >= 11 is -2.55. The fourth-order valence-corrected chi connectivity index (χ4v) is 4.09. The summed E-state index contributed by atoms with van der Waals surface area (Å²) in [5.74, 6) is -0.261. The molecule has 3 aromatic heterocycles. The van der Waals surface area contributed by atoms with Crippen LogP contribution in [-0.2, 0) is 40.9 Å². The van der Waals surface area contributed by atoms with E-state index in [9.17, 15) is 30.4 Å². The maximum Gasteiger partial charge on any atom is 0.417 e. The largest absolute Gasteiger partial charge is 0.760 e. The number of aryl methyl sites for hydroxylation is 1. The van der Waals surface area contributed by atoms with E-state index in [1.807, 2.05) is 0 Å². The van der Waals surface area contributed by atoms with Crippen LogP contribution in [0.1, 0.15) is 18.1 Å². The molecule has 30 heavy (non-hydrogen) atoms. The molecular formula is C16H15F3N5O4S2-. The molecule has 0 fully saturated rings. The van der Waals surface area contributed by atoms with Gasteiger partial charge >= 0.3 is 6.18 Å². The Balaban J connectivity index is 2.20. The molecule has 0 amide bonds. The van der Waals surface area contributed by atoms with E-state index < -0.39 is 32.8 Å². The molecule has 3 heterocycles. The zero-order valence-electron chi connectivity index (χ0n) is 15.6. The first-order valence-electron chi connectivity index (χ1n) is 8.38. The van der Waals surface area contributed by atoms with Crippen LogP contribution in [0.3, 0.4) is 0 Å². The molecular weight excluding hydrogens is 447 g/mol. The first-order valence-corrected chi connectivity index (χ1v) is 11.1. The van der Waals surface area contributed by atoms with Crippen molar-refractivity contribution in [2.75, 3.05) is 5.75 Å². The van der Waals surface area contributed by atoms with Crippen molar-refractivity contribution < 1.29 is 30.4 Å². The molecule has 9 nitrogen and oxygen atoms in total. The van der Waals surface area contributed by atoms with Crippen LogP contribution in [0.25, 0.3) is 22.7 Å². The van der Waals surface area contributed by atoms with Crippen LogP contribution in [0.2, 0.25) is 0 Å². The highest BCUT2D eigenvalue weighted by molar-refractivity contribution is 7.91. The Labute approximate surface area is 171 Å². The van der Waals surface area contributed by atoms with Gasteiger partial charge in [-0.2, -0.15) is 13.2 Å². The van der Waals surface area contributed by atoms with E-state index in [2.05, 4.69) is 19.7 Å². The quantitative estimate of drug-likeness (QED) is 0.552. The summed E-state index contributed by atoms with van der Waals surface area (Å²) in [5, 5.41) is 0. The number of alkyl halides is 3. The molecule has 3 rings (SSSR count). The van der Waals surface area contributed by atoms with Gasteiger partial charge in [-0.1, -0.05) is 6.92 Å². The molecule has 162 valence electrons. The standard InChI is InChI=1S/C16H16F3N5O4S2/c1-3-30(27,28)12-4-9(7-22-29(25)26)6-20-13(12)15-23-11-5-10(16(17,18)19)8-21-14(11)24(15)2/h4-6,8,22H,3,7H2,1-2H3,(H,25,26)/p-1. The van der Waals surface area contributed by atoms with Crippen LogP contribution < -0.4 is 4.72 Å². The predicted molar refractivity (Wildman–Crippen MR) is 100 cm³/mol. The lowest BCUT2D eigenvalue weighted by molar-refractivity contribution is -0.137. The molecule has 1 atom stereocenters. The highest BCUT2D eigenvalue weighted by Crippen LogP contribution is 2.32. The van der Waals surface area contributed by atoms with Gasteiger partial charge in [0.25, 0.3) is 0 Å². The van der Waals surface area contributed by atoms with E-state index in [0.717, 1.165) is 6.07 Å². The molecule has 14 heteroatoms. The number of pyridine rings is 2. The summed E-state index contributed by atoms with van der Waals surface area (Å²) in [6.07, 6.45) is -2.68. The van der Waals surface area contributed by atoms with Crippen LogP contribution in [0.4, 0.5) is 13.2 Å². The molecule has 1 unspecified atom stereocenters. The highest BCUT2D eigenvalue weighted by Gasteiger charge is 2.32. The van der Waals surface area contributed by atoms with Crippen molar-refractivity contribution in [3.05, 3.63) is 35.7 Å². The summed E-state index contributed by atoms with van der Waals surface area (Å²) in [4.78, 5) is 11.8. The van der Waals surface area contributed by atoms with Gasteiger partial charge in [0.1, 0.15) is 11.2 Å². The third-order valence-corrected chi connectivity index (χ3v) is 6.39. The predicted octanol–water partition coefficient (Wildman–Crippen LogP) is 1.73. The first-order chi connectivity index (χ1) is 13.9. The number of hydrogen-bond donors (Lipinski definition) is 1. The van der Waals surface area contributed by atoms with Crippen molar-refractivity contribution in [1.29, 1.82) is 0 Å². The second-order valence-corrected chi connectivity index (χ2v) is 9.21. The number of nitrogens with one attached hydrogen (secondary N) is 1. The molecule has 3 aromatic rings. The van der Waals surface area contributed by atoms with E-state index >= 15 is 0 Å². The van der Waals surface area contributed by atoms with Gasteiger partial charge in [0, 0.05) is 37.3 Å². The van der Waals surface area contributed by atoms with Crippen molar-refractivity contribution in [3.8, 4) is 11.5 Å². The Hall–Kier alpha value is -2.42. The third-order valence-electron chi connectivity index (χ3n) is 4.27. The van der Waals surface area contributed by atoms with Crippen LogP contribution in [0.5, 0.6) is 0 Å². The highest BCUT2D eigenvalue weighted by atomic mass is 32.2. The maximum absolute atomic E-state index is 13.0. The molecule has 0 saturated carbocycles. The lowest BCUT2D eigenvalue weighted by Crippen LogP contribution is -2.17. The van der Waals surface area contributed by atoms with Gasteiger partial charge in [0.15, 0.2) is 21.3 Å². The number of sulfone groups is 1. The molecule has 0 aliphatic carbocycles. The van der Waals surface area contributed by atoms with Crippen molar-refractivity contribution in [2.24, 2.45) is 7.05 Å². The lowest BCUT2D eigenvalue weighted by Gasteiger charge is -2.12. The van der Waals surface area contributed by atoms with Gasteiger partial charge in [0.2, 0.25) is 0 Å². The van der Waals surface area contributed by atoms with Gasteiger partial charge < -0.3 is 9.12 Å². The van der Waals surface area contributed by atoms with E-state index in [0.29, 0.717) is 6.20 Å². The third kappa shape index (κ3) is 4.35. The number of rotatable bonds is 6. The second-order valence-electron chi connectivity index (χ2n) is 6.21. The van der Waals surface area contributed by atoms with Gasteiger partial charge in [-0.3, -0.25) is 9.19 Å². The number of nitrogens with zero attached hydrogens (tertiary/aromatic N) is 4. The summed E-state index contributed by atoms with van der Waals surface area (Å²) in [6.45, 7) is 1.23. The molecule has 0 aromatic carbocycles. The molecule has 0 radical (unpaired) electrons. The number of hydrogen-bond acceptors (Lipinski definition) is 7. The van der Waals surface area contributed by atoms with Crippen LogP contribution in [0, 0.1) is 0 Å². The van der Waals surface area contributed by atoms with E-state index in [-0.39, 0.29) is 45.4 Å². The summed E-state index contributed by atoms with van der Waals surface area (Å²) in [5.41, 5.74) is -0.728. The SMILES string of the molecule is CCS(=O)(=O)c1cc(CNS(=O)[O-])cnc1-c1nc2cc(C(F)(F)F)cnc2n1C. The number of halogens is 3. The molecule has 0 spiro atoms. The lowest BCUT2D eigenvalue weighted by atomic mass is 10.2. The minimum absolute atomic E-state index is 0.00996. The minimum Gasteiger partial charge on any atom is -0.760 e. The Morgan fingerprint density at radius 2 is 1.93 bits per heavy atom. The second kappa shape index (κ2) is 8.02. The summed E-state index contributed by atoms with van der Waals surface area (Å²) in [6, 6.07) is 2.08. The molecule has 1 N–H and O–H groups in total. The number of fused-ring (bicyclic) bond motifs is 1. The van der Waals surface area contributed by atoms with Crippen molar-refractivity contribution in [1.82, 2.24) is 24.2 Å². The fourth-order valence-electron chi connectivity index (χ4n) is 2.73. The average molecular weight is 462 g/mol. The number of imidazole rings is 1. The van der Waals surface area contributed by atoms with Crippen molar-refractivity contribution in [2.45, 2.75) is 24.5 Å². The van der Waals surface area contributed by atoms with Crippen molar-refractivity contribution >= 4 is 32.3 Å². The first kappa shape index (κ1) is 22.3. The molecule has 0 saturated heterocycles. The zero-order valence-corrected chi connectivity index (χ0v) is 17.2. The van der Waals surface area contributed by atoms with Crippen LogP contribution in [-0.4, -0.2) is 42.5 Å².